The van der Waals surface area contributed by atoms with Gasteiger partial charge in [-0.1, -0.05) is 5.16 Å². The van der Waals surface area contributed by atoms with Gasteiger partial charge in [0.15, 0.2) is 11.5 Å². The van der Waals surface area contributed by atoms with Crippen molar-refractivity contribution in [1.29, 1.82) is 0 Å². The third-order valence-corrected chi connectivity index (χ3v) is 5.78. The van der Waals surface area contributed by atoms with Crippen LogP contribution < -0.4 is 10.2 Å². The van der Waals surface area contributed by atoms with Crippen LogP contribution in [0.5, 0.6) is 0 Å². The number of morpholine rings is 1. The summed E-state index contributed by atoms with van der Waals surface area (Å²) in [6.07, 6.45) is 0.876. The third kappa shape index (κ3) is 6.25. The van der Waals surface area contributed by atoms with Crippen molar-refractivity contribution in [2.24, 2.45) is 0 Å². The van der Waals surface area contributed by atoms with Gasteiger partial charge >= 0.3 is 0 Å². The molecule has 0 saturated carbocycles. The number of hydrogen-bond donors (Lipinski definition) is 1. The Kier molecular flexibility index (Phi) is 7.50. The molecular weight excluding hydrogens is 401 g/mol. The SMILES string of the molecule is O=C(NCCCN1CCN(c2ccc(F)cc2)CC1)c1cc(CN2CCOCC2)on1. The summed E-state index contributed by atoms with van der Waals surface area (Å²) in [6.45, 7) is 9.10. The largest absolute Gasteiger partial charge is 0.379 e. The van der Waals surface area contributed by atoms with E-state index in [9.17, 15) is 9.18 Å². The molecule has 0 bridgehead atoms. The summed E-state index contributed by atoms with van der Waals surface area (Å²) < 4.78 is 23.7. The number of nitrogens with one attached hydrogen (secondary N) is 1. The van der Waals surface area contributed by atoms with E-state index in [-0.39, 0.29) is 11.7 Å². The summed E-state index contributed by atoms with van der Waals surface area (Å²) in [5, 5.41) is 6.84. The van der Waals surface area contributed by atoms with Gasteiger partial charge in [-0.3, -0.25) is 14.6 Å². The van der Waals surface area contributed by atoms with Crippen molar-refractivity contribution in [3.8, 4) is 0 Å². The molecule has 2 aliphatic rings. The lowest BCUT2D eigenvalue weighted by Crippen LogP contribution is -2.47. The van der Waals surface area contributed by atoms with Crippen molar-refractivity contribution in [3.05, 3.63) is 47.6 Å². The molecule has 3 heterocycles. The van der Waals surface area contributed by atoms with Crippen LogP contribution in [0.3, 0.4) is 0 Å². The van der Waals surface area contributed by atoms with Crippen LogP contribution >= 0.6 is 0 Å². The lowest BCUT2D eigenvalue weighted by Gasteiger charge is -2.36. The first kappa shape index (κ1) is 21.7. The third-order valence-electron chi connectivity index (χ3n) is 5.78. The molecule has 0 aliphatic carbocycles. The molecule has 1 aromatic carbocycles. The molecule has 1 aromatic heterocycles. The first-order chi connectivity index (χ1) is 15.2. The molecule has 1 N–H and O–H groups in total. The van der Waals surface area contributed by atoms with Crippen LogP contribution in [-0.4, -0.2) is 86.4 Å². The number of carbonyl (C=O) groups excluding carboxylic acids is 1. The van der Waals surface area contributed by atoms with Gasteiger partial charge in [0.1, 0.15) is 5.82 Å². The van der Waals surface area contributed by atoms with E-state index in [1.807, 2.05) is 12.1 Å². The molecule has 2 fully saturated rings. The van der Waals surface area contributed by atoms with E-state index in [1.165, 1.54) is 12.1 Å². The van der Waals surface area contributed by atoms with Crippen LogP contribution in [0.2, 0.25) is 0 Å². The van der Waals surface area contributed by atoms with E-state index in [2.05, 4.69) is 25.2 Å². The Morgan fingerprint density at radius 3 is 2.52 bits per heavy atom. The van der Waals surface area contributed by atoms with Crippen LogP contribution in [0, 0.1) is 5.82 Å². The van der Waals surface area contributed by atoms with Crippen molar-refractivity contribution in [3.63, 3.8) is 0 Å². The Balaban J connectivity index is 1.12. The number of halogens is 1. The average molecular weight is 432 g/mol. The number of hydrogen-bond acceptors (Lipinski definition) is 7. The van der Waals surface area contributed by atoms with Crippen LogP contribution in [0.1, 0.15) is 22.7 Å². The second-order valence-electron chi connectivity index (χ2n) is 7.98. The molecule has 0 spiro atoms. The Morgan fingerprint density at radius 2 is 1.77 bits per heavy atom. The fourth-order valence-electron chi connectivity index (χ4n) is 3.95. The normalized spacial score (nSPS) is 18.3. The Morgan fingerprint density at radius 1 is 1.03 bits per heavy atom. The number of ether oxygens (including phenoxy) is 1. The van der Waals surface area contributed by atoms with Crippen LogP contribution in [-0.2, 0) is 11.3 Å². The van der Waals surface area contributed by atoms with E-state index in [0.29, 0.717) is 24.5 Å². The number of piperazine rings is 1. The number of nitrogens with zero attached hydrogens (tertiary/aromatic N) is 4. The van der Waals surface area contributed by atoms with Gasteiger partial charge in [0.25, 0.3) is 5.91 Å². The lowest BCUT2D eigenvalue weighted by molar-refractivity contribution is 0.0305. The molecule has 9 heteroatoms. The second-order valence-corrected chi connectivity index (χ2v) is 7.98. The van der Waals surface area contributed by atoms with E-state index < -0.39 is 0 Å². The van der Waals surface area contributed by atoms with E-state index in [4.69, 9.17) is 9.26 Å². The molecule has 0 unspecified atom stereocenters. The molecule has 4 rings (SSSR count). The van der Waals surface area contributed by atoms with E-state index in [1.54, 1.807) is 6.07 Å². The highest BCUT2D eigenvalue weighted by atomic mass is 19.1. The molecule has 2 saturated heterocycles. The first-order valence-electron chi connectivity index (χ1n) is 10.9. The zero-order valence-electron chi connectivity index (χ0n) is 17.8. The van der Waals surface area contributed by atoms with Crippen molar-refractivity contribution in [2.75, 3.05) is 70.5 Å². The maximum atomic E-state index is 13.1. The summed E-state index contributed by atoms with van der Waals surface area (Å²) in [4.78, 5) is 19.2. The van der Waals surface area contributed by atoms with Gasteiger partial charge in [-0.25, -0.2) is 4.39 Å². The fourth-order valence-corrected chi connectivity index (χ4v) is 3.95. The number of carbonyl (C=O) groups is 1. The minimum Gasteiger partial charge on any atom is -0.379 e. The van der Waals surface area contributed by atoms with Gasteiger partial charge in [0.2, 0.25) is 0 Å². The monoisotopic (exact) mass is 431 g/mol. The van der Waals surface area contributed by atoms with Crippen molar-refractivity contribution in [2.45, 2.75) is 13.0 Å². The van der Waals surface area contributed by atoms with Gasteiger partial charge in [0.05, 0.1) is 19.8 Å². The topological polar surface area (TPSA) is 74.1 Å². The number of aromatic nitrogens is 1. The summed E-state index contributed by atoms with van der Waals surface area (Å²) in [5.74, 6) is 0.299. The lowest BCUT2D eigenvalue weighted by atomic mass is 10.2. The van der Waals surface area contributed by atoms with E-state index >= 15 is 0 Å². The molecular formula is C22H30FN5O3. The van der Waals surface area contributed by atoms with Crippen molar-refractivity contribution < 1.29 is 18.4 Å². The maximum absolute atomic E-state index is 13.1. The molecule has 0 atom stereocenters. The molecule has 168 valence electrons. The molecule has 8 nitrogen and oxygen atoms in total. The Hall–Kier alpha value is -2.49. The molecule has 0 radical (unpaired) electrons. The van der Waals surface area contributed by atoms with Crippen LogP contribution in [0.4, 0.5) is 10.1 Å². The van der Waals surface area contributed by atoms with Crippen LogP contribution in [0.25, 0.3) is 0 Å². The average Bonchev–Trinajstić information content (AvgIpc) is 3.27. The zero-order chi connectivity index (χ0) is 21.5. The van der Waals surface area contributed by atoms with Crippen LogP contribution in [0.15, 0.2) is 34.9 Å². The minimum absolute atomic E-state index is 0.196. The standard InChI is InChI=1S/C22H30FN5O3/c23-18-2-4-19(5-3-18)28-10-8-26(9-11-28)7-1-6-24-22(29)21-16-20(31-25-21)17-27-12-14-30-15-13-27/h2-5,16H,1,6-15,17H2,(H,24,29). The molecule has 2 aliphatic heterocycles. The number of anilines is 1. The smallest absolute Gasteiger partial charge is 0.273 e. The molecule has 2 aromatic rings. The van der Waals surface area contributed by atoms with Crippen molar-refractivity contribution >= 4 is 11.6 Å². The second kappa shape index (κ2) is 10.7. The highest BCUT2D eigenvalue weighted by molar-refractivity contribution is 5.92. The summed E-state index contributed by atoms with van der Waals surface area (Å²) in [5.41, 5.74) is 1.39. The fraction of sp³-hybridized carbons (Fsp3) is 0.545. The van der Waals surface area contributed by atoms with E-state index in [0.717, 1.165) is 71.1 Å². The van der Waals surface area contributed by atoms with Gasteiger partial charge in [-0.15, -0.1) is 0 Å². The highest BCUT2D eigenvalue weighted by Crippen LogP contribution is 2.17. The summed E-state index contributed by atoms with van der Waals surface area (Å²) in [6, 6.07) is 8.39. The molecule has 1 amide bonds. The predicted octanol–water partition coefficient (Wildman–Crippen LogP) is 1.59. The first-order valence-corrected chi connectivity index (χ1v) is 10.9. The highest BCUT2D eigenvalue weighted by Gasteiger charge is 2.18. The van der Waals surface area contributed by atoms with Gasteiger partial charge in [-0.2, -0.15) is 0 Å². The number of rotatable bonds is 8. The number of amides is 1. The molecule has 31 heavy (non-hydrogen) atoms. The van der Waals surface area contributed by atoms with Crippen molar-refractivity contribution in [1.82, 2.24) is 20.3 Å². The van der Waals surface area contributed by atoms with Gasteiger partial charge in [0, 0.05) is 57.6 Å². The van der Waals surface area contributed by atoms with Gasteiger partial charge in [-0.05, 0) is 37.2 Å². The minimum atomic E-state index is -0.205. The summed E-state index contributed by atoms with van der Waals surface area (Å²) >= 11 is 0. The zero-order valence-corrected chi connectivity index (χ0v) is 17.8. The Labute approximate surface area is 181 Å². The number of benzene rings is 1. The predicted molar refractivity (Wildman–Crippen MR) is 115 cm³/mol. The summed E-state index contributed by atoms with van der Waals surface area (Å²) in [7, 11) is 0. The quantitative estimate of drug-likeness (QED) is 0.637. The van der Waals surface area contributed by atoms with Gasteiger partial charge < -0.3 is 19.5 Å². The Bertz CT molecular complexity index is 830. The maximum Gasteiger partial charge on any atom is 0.273 e.